The van der Waals surface area contributed by atoms with Crippen molar-refractivity contribution in [3.63, 3.8) is 0 Å². The summed E-state index contributed by atoms with van der Waals surface area (Å²) in [5.74, 6) is -0.348. The summed E-state index contributed by atoms with van der Waals surface area (Å²) >= 11 is 0. The van der Waals surface area contributed by atoms with Gasteiger partial charge in [-0.2, -0.15) is 0 Å². The Hall–Kier alpha value is -1.06. The second-order valence-corrected chi connectivity index (χ2v) is 6.19. The van der Waals surface area contributed by atoms with Gasteiger partial charge < -0.3 is 9.64 Å². The van der Waals surface area contributed by atoms with Crippen molar-refractivity contribution >= 4 is 11.9 Å². The van der Waals surface area contributed by atoms with Crippen LogP contribution in [0.2, 0.25) is 0 Å². The molecule has 0 aromatic carbocycles. The van der Waals surface area contributed by atoms with Gasteiger partial charge in [-0.05, 0) is 26.2 Å². The monoisotopic (exact) mass is 297 g/mol. The summed E-state index contributed by atoms with van der Waals surface area (Å²) in [5, 5.41) is 0. The third-order valence-electron chi connectivity index (χ3n) is 4.11. The quantitative estimate of drug-likeness (QED) is 0.458. The van der Waals surface area contributed by atoms with Crippen LogP contribution in [0.25, 0.3) is 0 Å². The lowest BCUT2D eigenvalue weighted by molar-refractivity contribution is -0.153. The second-order valence-electron chi connectivity index (χ2n) is 6.19. The molecule has 4 heteroatoms. The average Bonchev–Trinajstić information content (AvgIpc) is 2.83. The van der Waals surface area contributed by atoms with Gasteiger partial charge >= 0.3 is 5.97 Å². The third kappa shape index (κ3) is 6.49. The standard InChI is InChI=1S/C17H31NO3/c1-4-6-8-9-10-14(3)21-17(20)15-12-16(19)18(13-15)11-7-5-2/h14-15H,4-13H2,1-3H3. The first-order valence-electron chi connectivity index (χ1n) is 8.56. The van der Waals surface area contributed by atoms with Crippen LogP contribution in [0.4, 0.5) is 0 Å². The van der Waals surface area contributed by atoms with E-state index < -0.39 is 0 Å². The summed E-state index contributed by atoms with van der Waals surface area (Å²) in [6, 6.07) is 0. The lowest BCUT2D eigenvalue weighted by Gasteiger charge is -2.17. The molecule has 0 aromatic rings. The number of likely N-dealkylation sites (tertiary alicyclic amines) is 1. The zero-order valence-electron chi connectivity index (χ0n) is 13.9. The molecule has 1 rings (SSSR count). The number of nitrogens with zero attached hydrogens (tertiary/aromatic N) is 1. The van der Waals surface area contributed by atoms with E-state index >= 15 is 0 Å². The fourth-order valence-corrected chi connectivity index (χ4v) is 2.71. The van der Waals surface area contributed by atoms with E-state index in [9.17, 15) is 9.59 Å². The largest absolute Gasteiger partial charge is 0.462 e. The highest BCUT2D eigenvalue weighted by Gasteiger charge is 2.35. The molecule has 1 amide bonds. The van der Waals surface area contributed by atoms with Gasteiger partial charge in [-0.15, -0.1) is 0 Å². The summed E-state index contributed by atoms with van der Waals surface area (Å²) in [5.41, 5.74) is 0. The van der Waals surface area contributed by atoms with E-state index in [1.807, 2.05) is 6.92 Å². The van der Waals surface area contributed by atoms with Crippen molar-refractivity contribution in [2.45, 2.75) is 78.2 Å². The van der Waals surface area contributed by atoms with Gasteiger partial charge in [0.2, 0.25) is 5.91 Å². The average molecular weight is 297 g/mol. The van der Waals surface area contributed by atoms with Crippen LogP contribution in [0.1, 0.15) is 72.1 Å². The molecule has 2 atom stereocenters. The molecule has 0 N–H and O–H groups in total. The molecule has 0 aromatic heterocycles. The molecular formula is C17H31NO3. The minimum atomic E-state index is -0.257. The van der Waals surface area contributed by atoms with E-state index in [4.69, 9.17) is 4.74 Å². The SMILES string of the molecule is CCCCCCC(C)OC(=O)C1CC(=O)N(CCCC)C1. The Bertz CT molecular complexity index is 330. The lowest BCUT2D eigenvalue weighted by atomic mass is 10.1. The van der Waals surface area contributed by atoms with Crippen molar-refractivity contribution in [2.24, 2.45) is 5.92 Å². The number of hydrogen-bond donors (Lipinski definition) is 0. The van der Waals surface area contributed by atoms with E-state index in [2.05, 4.69) is 13.8 Å². The Kier molecular flexibility index (Phi) is 8.40. The van der Waals surface area contributed by atoms with Gasteiger partial charge in [-0.3, -0.25) is 9.59 Å². The zero-order chi connectivity index (χ0) is 15.7. The van der Waals surface area contributed by atoms with Gasteiger partial charge in [0.1, 0.15) is 0 Å². The molecule has 0 aliphatic carbocycles. The number of carbonyl (C=O) groups excluding carboxylic acids is 2. The molecular weight excluding hydrogens is 266 g/mol. The van der Waals surface area contributed by atoms with E-state index in [0.29, 0.717) is 13.0 Å². The van der Waals surface area contributed by atoms with Crippen LogP contribution in [0.15, 0.2) is 0 Å². The topological polar surface area (TPSA) is 46.6 Å². The van der Waals surface area contributed by atoms with Crippen LogP contribution in [0.5, 0.6) is 0 Å². The van der Waals surface area contributed by atoms with Crippen LogP contribution < -0.4 is 0 Å². The maximum absolute atomic E-state index is 12.1. The number of ether oxygens (including phenoxy) is 1. The molecule has 0 spiro atoms. The molecule has 1 aliphatic rings. The van der Waals surface area contributed by atoms with Crippen molar-refractivity contribution < 1.29 is 14.3 Å². The van der Waals surface area contributed by atoms with Gasteiger partial charge in [0.05, 0.1) is 12.0 Å². The molecule has 2 unspecified atom stereocenters. The van der Waals surface area contributed by atoms with Gasteiger partial charge in [0, 0.05) is 19.5 Å². The first-order chi connectivity index (χ1) is 10.1. The zero-order valence-corrected chi connectivity index (χ0v) is 13.9. The van der Waals surface area contributed by atoms with Crippen LogP contribution in [0.3, 0.4) is 0 Å². The maximum atomic E-state index is 12.1. The Morgan fingerprint density at radius 1 is 1.24 bits per heavy atom. The van der Waals surface area contributed by atoms with Crippen LogP contribution >= 0.6 is 0 Å². The molecule has 1 aliphatic heterocycles. The van der Waals surface area contributed by atoms with Crippen molar-refractivity contribution in [1.29, 1.82) is 0 Å². The lowest BCUT2D eigenvalue weighted by Crippen LogP contribution is -2.28. The van der Waals surface area contributed by atoms with E-state index in [0.717, 1.165) is 32.2 Å². The Morgan fingerprint density at radius 3 is 2.62 bits per heavy atom. The van der Waals surface area contributed by atoms with E-state index in [1.165, 1.54) is 19.3 Å². The second kappa shape index (κ2) is 9.80. The molecule has 21 heavy (non-hydrogen) atoms. The molecule has 1 fully saturated rings. The van der Waals surface area contributed by atoms with Crippen molar-refractivity contribution in [3.05, 3.63) is 0 Å². The van der Waals surface area contributed by atoms with Gasteiger partial charge in [-0.1, -0.05) is 39.5 Å². The Balaban J connectivity index is 2.27. The predicted octanol–water partition coefficient (Wildman–Crippen LogP) is 3.54. The minimum Gasteiger partial charge on any atom is -0.462 e. The minimum absolute atomic E-state index is 0.0332. The molecule has 1 heterocycles. The first-order valence-corrected chi connectivity index (χ1v) is 8.56. The number of rotatable bonds is 10. The molecule has 1 saturated heterocycles. The van der Waals surface area contributed by atoms with E-state index in [-0.39, 0.29) is 23.9 Å². The number of amides is 1. The predicted molar refractivity (Wildman–Crippen MR) is 83.9 cm³/mol. The maximum Gasteiger partial charge on any atom is 0.311 e. The fraction of sp³-hybridized carbons (Fsp3) is 0.882. The van der Waals surface area contributed by atoms with E-state index in [1.54, 1.807) is 4.90 Å². The van der Waals surface area contributed by atoms with Crippen molar-refractivity contribution in [1.82, 2.24) is 4.90 Å². The molecule has 0 bridgehead atoms. The van der Waals surface area contributed by atoms with Crippen molar-refractivity contribution in [3.8, 4) is 0 Å². The number of hydrogen-bond acceptors (Lipinski definition) is 3. The van der Waals surface area contributed by atoms with Crippen LogP contribution in [-0.2, 0) is 14.3 Å². The van der Waals surface area contributed by atoms with Gasteiger partial charge in [0.15, 0.2) is 0 Å². The normalized spacial score (nSPS) is 19.9. The first kappa shape index (κ1) is 18.0. The van der Waals surface area contributed by atoms with Crippen molar-refractivity contribution in [2.75, 3.05) is 13.1 Å². The third-order valence-corrected chi connectivity index (χ3v) is 4.11. The fourth-order valence-electron chi connectivity index (χ4n) is 2.71. The smallest absolute Gasteiger partial charge is 0.311 e. The number of esters is 1. The summed E-state index contributed by atoms with van der Waals surface area (Å²) < 4.78 is 5.50. The number of carbonyl (C=O) groups is 2. The number of unbranched alkanes of at least 4 members (excludes halogenated alkanes) is 4. The van der Waals surface area contributed by atoms with Gasteiger partial charge in [0.25, 0.3) is 0 Å². The molecule has 0 saturated carbocycles. The highest BCUT2D eigenvalue weighted by Crippen LogP contribution is 2.21. The summed E-state index contributed by atoms with van der Waals surface area (Å²) in [6.07, 6.45) is 8.04. The summed E-state index contributed by atoms with van der Waals surface area (Å²) in [6.45, 7) is 7.55. The molecule has 4 nitrogen and oxygen atoms in total. The highest BCUT2D eigenvalue weighted by molar-refractivity contribution is 5.86. The Morgan fingerprint density at radius 2 is 1.95 bits per heavy atom. The Labute approximate surface area is 129 Å². The van der Waals surface area contributed by atoms with Gasteiger partial charge in [-0.25, -0.2) is 0 Å². The highest BCUT2D eigenvalue weighted by atomic mass is 16.5. The van der Waals surface area contributed by atoms with Crippen LogP contribution in [-0.4, -0.2) is 36.0 Å². The van der Waals surface area contributed by atoms with Crippen LogP contribution in [0, 0.1) is 5.92 Å². The summed E-state index contributed by atoms with van der Waals surface area (Å²) in [4.78, 5) is 25.8. The summed E-state index contributed by atoms with van der Waals surface area (Å²) in [7, 11) is 0. The molecule has 122 valence electrons. The molecule has 0 radical (unpaired) electrons.